The van der Waals surface area contributed by atoms with Crippen molar-refractivity contribution in [2.24, 2.45) is 0 Å². The molecule has 1 atom stereocenters. The Labute approximate surface area is 69.0 Å². The van der Waals surface area contributed by atoms with Gasteiger partial charge in [0.15, 0.2) is 0 Å². The Morgan fingerprint density at radius 2 is 2.30 bits per heavy atom. The SMILES string of the molecule is COC(=O)C(CNCl)NCl. The van der Waals surface area contributed by atoms with Gasteiger partial charge in [-0.1, -0.05) is 0 Å². The van der Waals surface area contributed by atoms with Crippen LogP contribution < -0.4 is 9.67 Å². The first-order valence-electron chi connectivity index (χ1n) is 2.53. The molecule has 10 heavy (non-hydrogen) atoms. The first-order chi connectivity index (χ1) is 4.76. The Hall–Kier alpha value is -0.0300. The van der Waals surface area contributed by atoms with Gasteiger partial charge in [0.1, 0.15) is 6.04 Å². The van der Waals surface area contributed by atoms with E-state index in [1.54, 1.807) is 0 Å². The predicted octanol–water partition coefficient (Wildman–Crippen LogP) is 0.0148. The van der Waals surface area contributed by atoms with Gasteiger partial charge >= 0.3 is 5.97 Å². The van der Waals surface area contributed by atoms with Gasteiger partial charge in [0.2, 0.25) is 0 Å². The van der Waals surface area contributed by atoms with Crippen LogP contribution >= 0.6 is 23.6 Å². The van der Waals surface area contributed by atoms with E-state index in [-0.39, 0.29) is 6.54 Å². The fraction of sp³-hybridized carbons (Fsp3) is 0.750. The molecule has 2 N–H and O–H groups in total. The number of halogens is 2. The molecule has 6 heteroatoms. The summed E-state index contributed by atoms with van der Waals surface area (Å²) in [5.41, 5.74) is 0. The van der Waals surface area contributed by atoms with Gasteiger partial charge in [-0.15, -0.1) is 0 Å². The molecular formula is C4H8Cl2N2O2. The molecule has 0 saturated carbocycles. The molecule has 0 aliphatic rings. The van der Waals surface area contributed by atoms with Crippen molar-refractivity contribution < 1.29 is 9.53 Å². The number of carbonyl (C=O) groups excluding carboxylic acids is 1. The van der Waals surface area contributed by atoms with E-state index in [0.717, 1.165) is 0 Å². The second kappa shape index (κ2) is 5.73. The highest BCUT2D eigenvalue weighted by atomic mass is 35.5. The zero-order chi connectivity index (χ0) is 7.98. The Kier molecular flexibility index (Phi) is 5.71. The van der Waals surface area contributed by atoms with Crippen LogP contribution in [0.2, 0.25) is 0 Å². The van der Waals surface area contributed by atoms with E-state index in [1.165, 1.54) is 7.11 Å². The molecule has 0 aliphatic heterocycles. The minimum Gasteiger partial charge on any atom is -0.468 e. The Morgan fingerprint density at radius 1 is 1.70 bits per heavy atom. The van der Waals surface area contributed by atoms with Gasteiger partial charge in [-0.05, 0) is 23.6 Å². The van der Waals surface area contributed by atoms with Crippen molar-refractivity contribution in [2.45, 2.75) is 6.04 Å². The van der Waals surface area contributed by atoms with Crippen molar-refractivity contribution in [2.75, 3.05) is 13.7 Å². The van der Waals surface area contributed by atoms with Crippen molar-refractivity contribution in [3.05, 3.63) is 0 Å². The molecule has 0 aromatic heterocycles. The van der Waals surface area contributed by atoms with Crippen LogP contribution in [0, 0.1) is 0 Å². The Bertz CT molecular complexity index is 111. The van der Waals surface area contributed by atoms with E-state index in [2.05, 4.69) is 14.4 Å². The number of ether oxygens (including phenoxy) is 1. The van der Waals surface area contributed by atoms with Crippen LogP contribution in [-0.2, 0) is 9.53 Å². The zero-order valence-corrected chi connectivity index (χ0v) is 6.87. The van der Waals surface area contributed by atoms with Crippen molar-refractivity contribution >= 4 is 29.5 Å². The van der Waals surface area contributed by atoms with Gasteiger partial charge in [0, 0.05) is 6.54 Å². The summed E-state index contributed by atoms with van der Waals surface area (Å²) < 4.78 is 4.37. The molecule has 0 radical (unpaired) electrons. The van der Waals surface area contributed by atoms with Crippen LogP contribution in [0.5, 0.6) is 0 Å². The summed E-state index contributed by atoms with van der Waals surface area (Å²) >= 11 is 10.3. The summed E-state index contributed by atoms with van der Waals surface area (Å²) in [4.78, 5) is 15.1. The number of nitrogens with one attached hydrogen (secondary N) is 2. The van der Waals surface area contributed by atoms with Gasteiger partial charge in [0.05, 0.1) is 7.11 Å². The smallest absolute Gasteiger partial charge is 0.325 e. The minimum absolute atomic E-state index is 0.220. The number of methoxy groups -OCH3 is 1. The monoisotopic (exact) mass is 186 g/mol. The third kappa shape index (κ3) is 3.22. The fourth-order valence-electron chi connectivity index (χ4n) is 0.386. The quantitative estimate of drug-likeness (QED) is 0.481. The van der Waals surface area contributed by atoms with Crippen molar-refractivity contribution in [1.29, 1.82) is 0 Å². The van der Waals surface area contributed by atoms with Crippen LogP contribution in [-0.4, -0.2) is 25.7 Å². The molecule has 60 valence electrons. The van der Waals surface area contributed by atoms with E-state index in [9.17, 15) is 4.79 Å². The van der Waals surface area contributed by atoms with Crippen molar-refractivity contribution in [3.8, 4) is 0 Å². The van der Waals surface area contributed by atoms with Gasteiger partial charge < -0.3 is 4.74 Å². The van der Waals surface area contributed by atoms with Gasteiger partial charge in [0.25, 0.3) is 0 Å². The summed E-state index contributed by atoms with van der Waals surface area (Å²) in [5.74, 6) is -0.455. The molecule has 0 rings (SSSR count). The first kappa shape index (κ1) is 9.97. The van der Waals surface area contributed by atoms with E-state index >= 15 is 0 Å². The maximum Gasteiger partial charge on any atom is 0.325 e. The number of hydrogen-bond acceptors (Lipinski definition) is 4. The lowest BCUT2D eigenvalue weighted by atomic mass is 10.3. The summed E-state index contributed by atoms with van der Waals surface area (Å²) in [6.45, 7) is 0.220. The molecular weight excluding hydrogens is 179 g/mol. The van der Waals surface area contributed by atoms with Gasteiger partial charge in [-0.25, -0.2) is 9.67 Å². The molecule has 0 aromatic rings. The van der Waals surface area contributed by atoms with Crippen LogP contribution in [0.25, 0.3) is 0 Å². The van der Waals surface area contributed by atoms with E-state index < -0.39 is 12.0 Å². The summed E-state index contributed by atoms with van der Waals surface area (Å²) in [6.07, 6.45) is 0. The molecule has 0 spiro atoms. The molecule has 0 saturated heterocycles. The largest absolute Gasteiger partial charge is 0.468 e. The normalized spacial score (nSPS) is 12.7. The van der Waals surface area contributed by atoms with E-state index in [1.807, 2.05) is 0 Å². The lowest BCUT2D eigenvalue weighted by Crippen LogP contribution is -2.38. The maximum atomic E-state index is 10.7. The zero-order valence-electron chi connectivity index (χ0n) is 5.36. The average Bonchev–Trinajstić information content (AvgIpc) is 1.99. The van der Waals surface area contributed by atoms with Crippen LogP contribution in [0.15, 0.2) is 0 Å². The third-order valence-electron chi connectivity index (χ3n) is 0.899. The predicted molar refractivity (Wildman–Crippen MR) is 38.6 cm³/mol. The van der Waals surface area contributed by atoms with E-state index in [4.69, 9.17) is 23.6 Å². The standard InChI is InChI=1S/C4H8Cl2N2O2/c1-10-4(9)3(8-6)2-7-5/h3,7-8H,2H2,1H3. The highest BCUT2D eigenvalue weighted by Crippen LogP contribution is 1.87. The number of rotatable bonds is 4. The average molecular weight is 187 g/mol. The lowest BCUT2D eigenvalue weighted by molar-refractivity contribution is -0.142. The minimum atomic E-state index is -0.607. The Morgan fingerprint density at radius 3 is 2.60 bits per heavy atom. The number of hydrogen-bond donors (Lipinski definition) is 2. The molecule has 0 heterocycles. The topological polar surface area (TPSA) is 50.4 Å². The number of carbonyl (C=O) groups is 1. The van der Waals surface area contributed by atoms with Gasteiger partial charge in [-0.2, -0.15) is 0 Å². The highest BCUT2D eigenvalue weighted by molar-refractivity contribution is 6.15. The Balaban J connectivity index is 3.68. The van der Waals surface area contributed by atoms with Crippen molar-refractivity contribution in [1.82, 2.24) is 9.67 Å². The van der Waals surface area contributed by atoms with Gasteiger partial charge in [-0.3, -0.25) is 4.79 Å². The molecule has 4 nitrogen and oxygen atoms in total. The van der Waals surface area contributed by atoms with Crippen molar-refractivity contribution in [3.63, 3.8) is 0 Å². The molecule has 0 aromatic carbocycles. The summed E-state index contributed by atoms with van der Waals surface area (Å²) in [5, 5.41) is 0. The van der Waals surface area contributed by atoms with E-state index in [0.29, 0.717) is 0 Å². The van der Waals surface area contributed by atoms with Crippen LogP contribution in [0.4, 0.5) is 0 Å². The van der Waals surface area contributed by atoms with Crippen LogP contribution in [0.3, 0.4) is 0 Å². The second-order valence-corrected chi connectivity index (χ2v) is 2.01. The van der Waals surface area contributed by atoms with Crippen LogP contribution in [0.1, 0.15) is 0 Å². The summed E-state index contributed by atoms with van der Waals surface area (Å²) in [6, 6.07) is -0.607. The maximum absolute atomic E-state index is 10.7. The molecule has 0 fully saturated rings. The highest BCUT2D eigenvalue weighted by Gasteiger charge is 2.16. The third-order valence-corrected chi connectivity index (χ3v) is 1.32. The molecule has 0 amide bonds. The molecule has 1 unspecified atom stereocenters. The second-order valence-electron chi connectivity index (χ2n) is 1.52. The molecule has 0 bridgehead atoms. The fourth-order valence-corrected chi connectivity index (χ4v) is 0.706. The lowest BCUT2D eigenvalue weighted by Gasteiger charge is -2.09. The number of esters is 1. The first-order valence-corrected chi connectivity index (χ1v) is 3.29. The summed E-state index contributed by atoms with van der Waals surface area (Å²) in [7, 11) is 1.28. The molecule has 0 aliphatic carbocycles.